The number of carbonyl (C=O) groups is 8. The molecule has 0 spiro atoms. The first-order valence-electron chi connectivity index (χ1n) is 47.0. The van der Waals surface area contributed by atoms with E-state index in [1.54, 1.807) is 0 Å². The van der Waals surface area contributed by atoms with Crippen LogP contribution in [0.4, 0.5) is 0 Å². The van der Waals surface area contributed by atoms with Gasteiger partial charge in [-0.1, -0.05) is 311 Å². The summed E-state index contributed by atoms with van der Waals surface area (Å²) < 4.78 is 62.1. The maximum atomic E-state index is 15.3. The summed E-state index contributed by atoms with van der Waals surface area (Å²) in [5, 5.41) is 70.3. The number of phosphoric acid groups is 1. The van der Waals surface area contributed by atoms with Crippen LogP contribution < -0.4 is 10.6 Å². The van der Waals surface area contributed by atoms with Gasteiger partial charge in [-0.3, -0.25) is 33.3 Å². The van der Waals surface area contributed by atoms with Crippen LogP contribution in [0.1, 0.15) is 427 Å². The zero-order chi connectivity index (χ0) is 87.0. The lowest BCUT2D eigenvalue weighted by Crippen LogP contribution is -2.67. The number of unbranched alkanes of at least 4 members (excludes halogenated alkanes) is 42. The van der Waals surface area contributed by atoms with Crippen molar-refractivity contribution in [1.29, 1.82) is 0 Å². The van der Waals surface area contributed by atoms with Crippen molar-refractivity contribution in [3.8, 4) is 0 Å². The first-order valence-corrected chi connectivity index (χ1v) is 48.5. The van der Waals surface area contributed by atoms with E-state index in [1.807, 2.05) is 0 Å². The molecule has 0 saturated carbocycles. The molecule has 9 unspecified atom stereocenters. The molecule has 27 nitrogen and oxygen atoms in total. The van der Waals surface area contributed by atoms with E-state index >= 15 is 9.59 Å². The monoisotopic (exact) mass is 1710 g/mol. The Labute approximate surface area is 708 Å². The summed E-state index contributed by atoms with van der Waals surface area (Å²) in [5.41, 5.74) is 0. The summed E-state index contributed by atoms with van der Waals surface area (Å²) in [6.45, 7) is 10.6. The molecule has 0 bridgehead atoms. The first-order chi connectivity index (χ1) is 56.8. The molecule has 2 amide bonds. The number of amides is 2. The second-order valence-electron chi connectivity index (χ2n) is 33.7. The van der Waals surface area contributed by atoms with Gasteiger partial charge in [-0.25, -0.2) is 14.2 Å². The van der Waals surface area contributed by atoms with Gasteiger partial charge in [0.15, 0.2) is 6.10 Å². The first kappa shape index (κ1) is 110. The number of carboxylic acids is 2. The van der Waals surface area contributed by atoms with Gasteiger partial charge in [0.25, 0.3) is 5.79 Å². The number of esters is 4. The number of nitrogens with one attached hydrogen (secondary N) is 2. The summed E-state index contributed by atoms with van der Waals surface area (Å²) in [6.07, 6.45) is 24.0. The van der Waals surface area contributed by atoms with Crippen LogP contribution in [0.15, 0.2) is 0 Å². The topological polar surface area (TPSA) is 413 Å². The van der Waals surface area contributed by atoms with Gasteiger partial charge in [0.2, 0.25) is 11.8 Å². The lowest BCUT2D eigenvalue weighted by molar-refractivity contribution is -0.332. The molecule has 0 aromatic carbocycles. The van der Waals surface area contributed by atoms with Crippen molar-refractivity contribution in [3.05, 3.63) is 0 Å². The van der Waals surface area contributed by atoms with Crippen molar-refractivity contribution in [2.75, 3.05) is 13.2 Å². The molecule has 0 aromatic rings. The fourth-order valence-corrected chi connectivity index (χ4v) is 16.4. The summed E-state index contributed by atoms with van der Waals surface area (Å²) >= 11 is 0. The minimum absolute atomic E-state index is 0.0447. The number of rotatable bonds is 78. The fourth-order valence-electron chi connectivity index (χ4n) is 15.8. The van der Waals surface area contributed by atoms with E-state index in [0.29, 0.717) is 44.9 Å². The number of aliphatic carboxylic acids is 2. The molecule has 0 aliphatic carbocycles. The Morgan fingerprint density at radius 3 is 1.14 bits per heavy atom. The fraction of sp³-hybridized carbons (Fsp3) is 0.911. The summed E-state index contributed by atoms with van der Waals surface area (Å²) in [5.74, 6) is -10.9. The minimum atomic E-state index is -5.87. The lowest BCUT2D eigenvalue weighted by atomic mass is 9.88. The molecule has 14 atom stereocenters. The predicted molar refractivity (Wildman–Crippen MR) is 454 cm³/mol. The Morgan fingerprint density at radius 2 is 0.797 bits per heavy atom. The Hall–Kier alpha value is -4.41. The Kier molecular flexibility index (Phi) is 64.1. The van der Waals surface area contributed by atoms with Crippen LogP contribution in [-0.4, -0.2) is 186 Å². The standard InChI is InChI=1S/C90H165N2O25P/c1-7-13-19-25-31-34-40-43-49-55-69(111-79(98)58-52-46-37-28-22-16-10-4)63-77(96)91-72(88(103)104)61-62-75-83(92-78(97)64-70(56-50-44-41-35-32-26-20-14-8-2)112-80(99)59-53-47-38-29-23-17-11-5)87(86(117-118(107,108)109)76(114-75)68-110-90(89(105)106)66-73(94)84(102)85(116-90)74(95)67-93)115-82(101)65-71(57-51-45-42-36-33-27-21-15-9-3)113-81(100)60-54-48-39-30-24-18-12-6/h69-76,83-87,93-95,102H,7-68H2,1-6H3,(H,91,96)(H,92,97)(H,103,104)(H,105,106)(H2,107,108,109)/t69-,70-,71-,72+,73?,74-,75?,76?,83?,84?,85?,86?,87?,90?/m1/s1. The largest absolute Gasteiger partial charge is 0.480 e. The van der Waals surface area contributed by atoms with Crippen molar-refractivity contribution >= 4 is 55.5 Å². The second-order valence-corrected chi connectivity index (χ2v) is 34.9. The minimum Gasteiger partial charge on any atom is -0.480 e. The van der Waals surface area contributed by atoms with E-state index in [4.69, 9.17) is 37.7 Å². The van der Waals surface area contributed by atoms with E-state index in [0.717, 1.165) is 263 Å². The molecule has 2 heterocycles. The van der Waals surface area contributed by atoms with Crippen LogP contribution >= 0.6 is 7.82 Å². The number of hydrogen-bond acceptors (Lipinski definition) is 21. The van der Waals surface area contributed by atoms with Gasteiger partial charge in [-0.2, -0.15) is 0 Å². The molecule has 2 aliphatic heterocycles. The number of phosphoric ester groups is 1. The van der Waals surface area contributed by atoms with Gasteiger partial charge in [-0.05, 0) is 70.6 Å². The molecule has 2 aliphatic rings. The quantitative estimate of drug-likeness (QED) is 0.0117. The third-order valence-electron chi connectivity index (χ3n) is 22.9. The Morgan fingerprint density at radius 1 is 0.449 bits per heavy atom. The van der Waals surface area contributed by atoms with Crippen LogP contribution in [0, 0.1) is 0 Å². The van der Waals surface area contributed by atoms with Crippen molar-refractivity contribution in [3.63, 3.8) is 0 Å². The smallest absolute Gasteiger partial charge is 0.470 e. The summed E-state index contributed by atoms with van der Waals surface area (Å²) in [7, 11) is -5.87. The van der Waals surface area contributed by atoms with Gasteiger partial charge in [0.1, 0.15) is 54.9 Å². The van der Waals surface area contributed by atoms with Gasteiger partial charge < -0.3 is 84.2 Å². The lowest BCUT2D eigenvalue weighted by Gasteiger charge is -2.48. The predicted octanol–water partition coefficient (Wildman–Crippen LogP) is 17.7. The number of carboxylic acid groups (broad SMARTS) is 2. The number of hydrogen-bond donors (Lipinski definition) is 10. The summed E-state index contributed by atoms with van der Waals surface area (Å²) in [4.78, 5) is 135. The Balaban J connectivity index is 2.98. The molecule has 28 heteroatoms. The average molecular weight is 1710 g/mol. The molecule has 2 fully saturated rings. The molecule has 2 rings (SSSR count). The molecule has 0 radical (unpaired) electrons. The number of aliphatic hydroxyl groups excluding tert-OH is 4. The van der Waals surface area contributed by atoms with Crippen molar-refractivity contribution in [2.24, 2.45) is 0 Å². The van der Waals surface area contributed by atoms with Crippen LogP contribution in [0.25, 0.3) is 0 Å². The van der Waals surface area contributed by atoms with Crippen LogP contribution in [0.5, 0.6) is 0 Å². The normalized spacial score (nSPS) is 20.8. The highest BCUT2D eigenvalue weighted by Crippen LogP contribution is 2.44. The average Bonchev–Trinajstić information content (AvgIpc) is 0.770. The summed E-state index contributed by atoms with van der Waals surface area (Å²) in [6, 6.07) is -3.59. The van der Waals surface area contributed by atoms with E-state index in [9.17, 15) is 73.8 Å². The van der Waals surface area contributed by atoms with Crippen LogP contribution in [0.2, 0.25) is 0 Å². The van der Waals surface area contributed by atoms with Crippen molar-refractivity contribution in [2.45, 2.75) is 512 Å². The van der Waals surface area contributed by atoms with E-state index in [-0.39, 0.29) is 32.1 Å². The highest BCUT2D eigenvalue weighted by molar-refractivity contribution is 7.46. The maximum absolute atomic E-state index is 15.3. The van der Waals surface area contributed by atoms with Crippen LogP contribution in [0.3, 0.4) is 0 Å². The van der Waals surface area contributed by atoms with Gasteiger partial charge in [0, 0.05) is 25.7 Å². The molecular weight excluding hydrogens is 1540 g/mol. The Bertz CT molecular complexity index is 2670. The van der Waals surface area contributed by atoms with E-state index < -0.39 is 192 Å². The third-order valence-corrected chi connectivity index (χ3v) is 23.4. The van der Waals surface area contributed by atoms with Gasteiger partial charge in [-0.15, -0.1) is 0 Å². The van der Waals surface area contributed by atoms with Crippen molar-refractivity contribution < 1.29 is 121 Å². The maximum Gasteiger partial charge on any atom is 0.470 e. The third kappa shape index (κ3) is 52.3. The molecule has 10 N–H and O–H groups in total. The molecule has 690 valence electrons. The SMILES string of the molecule is CCCCCCCCCCC[C@H](CC(=O)NC1C(CC[C@H](NC(=O)C[C@@H](CCCCCCCCCCC)OC(=O)CCCCCCCCC)C(=O)O)OC(COC2(C(=O)O)CC(O)C(O)C([C@H](O)CO)O2)C(OP(=O)(O)O)C1OC(=O)C[C@@H](CCCCCCCCCCC)OC(=O)CCCCCCCCC)OC(=O)CCCCCCCCC. The van der Waals surface area contributed by atoms with Gasteiger partial charge >= 0.3 is 43.6 Å². The number of ether oxygens (including phenoxy) is 7. The zero-order valence-electron chi connectivity index (χ0n) is 73.8. The van der Waals surface area contributed by atoms with E-state index in [1.165, 1.54) is 6.42 Å². The molecular formula is C90H165N2O25P. The number of aliphatic hydroxyl groups is 4. The molecule has 0 aromatic heterocycles. The zero-order valence-corrected chi connectivity index (χ0v) is 74.7. The van der Waals surface area contributed by atoms with Crippen LogP contribution in [-0.2, 0) is 80.6 Å². The number of carbonyl (C=O) groups excluding carboxylic acids is 6. The molecule has 2 saturated heterocycles. The molecule has 118 heavy (non-hydrogen) atoms. The van der Waals surface area contributed by atoms with E-state index in [2.05, 4.69) is 52.2 Å². The van der Waals surface area contributed by atoms with Gasteiger partial charge in [0.05, 0.1) is 50.7 Å². The highest BCUT2D eigenvalue weighted by Gasteiger charge is 2.57. The second kappa shape index (κ2) is 69.0. The van der Waals surface area contributed by atoms with Crippen molar-refractivity contribution in [1.82, 2.24) is 10.6 Å². The highest BCUT2D eigenvalue weighted by atomic mass is 31.2.